The summed E-state index contributed by atoms with van der Waals surface area (Å²) in [4.78, 5) is 2.29. The van der Waals surface area contributed by atoms with Crippen LogP contribution in [0.15, 0.2) is 60.3 Å². The molecule has 1 aliphatic heterocycles. The van der Waals surface area contributed by atoms with Gasteiger partial charge >= 0.3 is 0 Å². The lowest BCUT2D eigenvalue weighted by molar-refractivity contribution is 0.564. The quantitative estimate of drug-likeness (QED) is 0.767. The monoisotopic (exact) mass is 324 g/mol. The minimum Gasteiger partial charge on any atom is -0.344 e. The second-order valence-corrected chi connectivity index (χ2v) is 6.56. The standard InChI is InChI=1S/C20H21ClN2/c1-3-23-18-10-9-16(21)13-17(18)20(2,19(23)11-12-22)14-15-7-5-4-6-8-15/h4-13,22H,3,14H2,1-2H3/b19-11-,22-12?. The van der Waals surface area contributed by atoms with Crippen molar-refractivity contribution in [2.45, 2.75) is 25.7 Å². The van der Waals surface area contributed by atoms with Crippen molar-refractivity contribution in [3.63, 3.8) is 0 Å². The zero-order valence-electron chi connectivity index (χ0n) is 13.5. The van der Waals surface area contributed by atoms with E-state index in [2.05, 4.69) is 55.1 Å². The van der Waals surface area contributed by atoms with Crippen LogP contribution < -0.4 is 4.90 Å². The van der Waals surface area contributed by atoms with Crippen molar-refractivity contribution < 1.29 is 0 Å². The number of hydrogen-bond donors (Lipinski definition) is 1. The molecule has 0 spiro atoms. The number of allylic oxidation sites excluding steroid dienone is 2. The number of hydrogen-bond acceptors (Lipinski definition) is 2. The van der Waals surface area contributed by atoms with Crippen LogP contribution in [0.2, 0.25) is 5.02 Å². The summed E-state index contributed by atoms with van der Waals surface area (Å²) in [7, 11) is 0. The number of halogens is 1. The number of benzene rings is 2. The van der Waals surface area contributed by atoms with Gasteiger partial charge in [-0.05, 0) is 55.7 Å². The Balaban J connectivity index is 2.17. The fourth-order valence-corrected chi connectivity index (χ4v) is 3.81. The Labute approximate surface area is 142 Å². The van der Waals surface area contributed by atoms with Crippen molar-refractivity contribution in [3.8, 4) is 0 Å². The van der Waals surface area contributed by atoms with E-state index in [-0.39, 0.29) is 5.41 Å². The van der Waals surface area contributed by atoms with Gasteiger partial charge in [0.05, 0.1) is 0 Å². The molecule has 2 aromatic carbocycles. The number of likely N-dealkylation sites (N-methyl/N-ethyl adjacent to an activating group) is 1. The second-order valence-electron chi connectivity index (χ2n) is 6.12. The average molecular weight is 325 g/mol. The van der Waals surface area contributed by atoms with Gasteiger partial charge in [0, 0.05) is 34.6 Å². The molecule has 2 aromatic rings. The van der Waals surface area contributed by atoms with Crippen LogP contribution in [0.1, 0.15) is 25.0 Å². The van der Waals surface area contributed by atoms with Gasteiger partial charge < -0.3 is 10.3 Å². The lowest BCUT2D eigenvalue weighted by Gasteiger charge is -2.30. The SMILES string of the molecule is CCN1/C(=C\C=N)C(C)(Cc2ccccc2)c2cc(Cl)ccc21. The molecule has 23 heavy (non-hydrogen) atoms. The van der Waals surface area contributed by atoms with Gasteiger partial charge in [-0.1, -0.05) is 41.9 Å². The maximum Gasteiger partial charge on any atom is 0.0451 e. The van der Waals surface area contributed by atoms with Crippen LogP contribution in [0.25, 0.3) is 0 Å². The van der Waals surface area contributed by atoms with Gasteiger partial charge in [0.15, 0.2) is 0 Å². The fraction of sp³-hybridized carbons (Fsp3) is 0.250. The zero-order valence-corrected chi connectivity index (χ0v) is 14.3. The predicted octanol–water partition coefficient (Wildman–Crippen LogP) is 5.21. The first-order valence-corrected chi connectivity index (χ1v) is 8.30. The summed E-state index contributed by atoms with van der Waals surface area (Å²) in [5.41, 5.74) is 4.70. The Kier molecular flexibility index (Phi) is 4.27. The Morgan fingerprint density at radius 3 is 2.57 bits per heavy atom. The Hall–Kier alpha value is -2.06. The minimum atomic E-state index is -0.185. The molecular formula is C20H21ClN2. The number of fused-ring (bicyclic) bond motifs is 1. The van der Waals surface area contributed by atoms with E-state index in [0.29, 0.717) is 0 Å². The second kappa shape index (κ2) is 6.21. The molecule has 1 unspecified atom stereocenters. The van der Waals surface area contributed by atoms with E-state index in [0.717, 1.165) is 23.7 Å². The van der Waals surface area contributed by atoms with Crippen molar-refractivity contribution in [2.24, 2.45) is 0 Å². The Bertz CT molecular complexity index is 751. The molecule has 0 amide bonds. The lowest BCUT2D eigenvalue weighted by atomic mass is 9.76. The number of nitrogens with one attached hydrogen (secondary N) is 1. The van der Waals surface area contributed by atoms with Crippen molar-refractivity contribution in [2.75, 3.05) is 11.4 Å². The normalized spacial score (nSPS) is 21.5. The molecule has 0 saturated heterocycles. The third-order valence-corrected chi connectivity index (χ3v) is 4.89. The van der Waals surface area contributed by atoms with Crippen molar-refractivity contribution >= 4 is 23.5 Å². The van der Waals surface area contributed by atoms with E-state index < -0.39 is 0 Å². The summed E-state index contributed by atoms with van der Waals surface area (Å²) >= 11 is 6.29. The van der Waals surface area contributed by atoms with Crippen LogP contribution in [0, 0.1) is 5.41 Å². The summed E-state index contributed by atoms with van der Waals surface area (Å²) in [5.74, 6) is 0. The number of anilines is 1. The zero-order chi connectivity index (χ0) is 16.4. The van der Waals surface area contributed by atoms with Gasteiger partial charge in [0.25, 0.3) is 0 Å². The molecule has 0 bridgehead atoms. The van der Waals surface area contributed by atoms with E-state index in [1.807, 2.05) is 18.2 Å². The highest BCUT2D eigenvalue weighted by atomic mass is 35.5. The minimum absolute atomic E-state index is 0.185. The Morgan fingerprint density at radius 2 is 1.91 bits per heavy atom. The molecule has 2 nitrogen and oxygen atoms in total. The van der Waals surface area contributed by atoms with Crippen LogP contribution >= 0.6 is 11.6 Å². The first-order valence-electron chi connectivity index (χ1n) is 7.93. The van der Waals surface area contributed by atoms with E-state index in [4.69, 9.17) is 17.0 Å². The summed E-state index contributed by atoms with van der Waals surface area (Å²) in [6.45, 7) is 5.27. The van der Waals surface area contributed by atoms with Gasteiger partial charge in [0.1, 0.15) is 0 Å². The lowest BCUT2D eigenvalue weighted by Crippen LogP contribution is -2.30. The van der Waals surface area contributed by atoms with Gasteiger partial charge in [0.2, 0.25) is 0 Å². The van der Waals surface area contributed by atoms with Crippen LogP contribution in [0.4, 0.5) is 5.69 Å². The van der Waals surface area contributed by atoms with Crippen molar-refractivity contribution in [3.05, 3.63) is 76.5 Å². The highest BCUT2D eigenvalue weighted by molar-refractivity contribution is 6.30. The fourth-order valence-electron chi connectivity index (χ4n) is 3.63. The van der Waals surface area contributed by atoms with E-state index >= 15 is 0 Å². The molecule has 1 aliphatic rings. The summed E-state index contributed by atoms with van der Waals surface area (Å²) in [5, 5.41) is 8.34. The molecule has 0 fully saturated rings. The molecule has 0 aromatic heterocycles. The highest BCUT2D eigenvalue weighted by Crippen LogP contribution is 2.50. The Morgan fingerprint density at radius 1 is 1.17 bits per heavy atom. The third-order valence-electron chi connectivity index (χ3n) is 4.66. The van der Waals surface area contributed by atoms with Gasteiger partial charge in [-0.25, -0.2) is 0 Å². The van der Waals surface area contributed by atoms with E-state index in [1.54, 1.807) is 0 Å². The smallest absolute Gasteiger partial charge is 0.0451 e. The first-order chi connectivity index (χ1) is 11.1. The first kappa shape index (κ1) is 15.8. The van der Waals surface area contributed by atoms with Gasteiger partial charge in [-0.3, -0.25) is 0 Å². The molecule has 1 N–H and O–H groups in total. The average Bonchev–Trinajstić information content (AvgIpc) is 2.77. The maximum atomic E-state index is 7.58. The maximum absolute atomic E-state index is 7.58. The summed E-state index contributed by atoms with van der Waals surface area (Å²) < 4.78 is 0. The molecule has 1 atom stereocenters. The molecule has 0 radical (unpaired) electrons. The largest absolute Gasteiger partial charge is 0.344 e. The molecule has 3 heteroatoms. The van der Waals surface area contributed by atoms with E-state index in [1.165, 1.54) is 23.0 Å². The third kappa shape index (κ3) is 2.68. The summed E-state index contributed by atoms with van der Waals surface area (Å²) in [6.07, 6.45) is 4.19. The van der Waals surface area contributed by atoms with Crippen molar-refractivity contribution in [1.29, 1.82) is 5.41 Å². The molecule has 1 heterocycles. The molecular weight excluding hydrogens is 304 g/mol. The van der Waals surface area contributed by atoms with Crippen molar-refractivity contribution in [1.82, 2.24) is 0 Å². The summed E-state index contributed by atoms with van der Waals surface area (Å²) in [6, 6.07) is 16.6. The van der Waals surface area contributed by atoms with Crippen LogP contribution in [-0.2, 0) is 11.8 Å². The van der Waals surface area contributed by atoms with Gasteiger partial charge in [-0.15, -0.1) is 0 Å². The topological polar surface area (TPSA) is 27.1 Å². The van der Waals surface area contributed by atoms with Crippen LogP contribution in [-0.4, -0.2) is 12.8 Å². The molecule has 118 valence electrons. The number of nitrogens with zero attached hydrogens (tertiary/aromatic N) is 1. The molecule has 3 rings (SSSR count). The molecule has 0 saturated carbocycles. The number of rotatable bonds is 4. The van der Waals surface area contributed by atoms with Crippen LogP contribution in [0.5, 0.6) is 0 Å². The van der Waals surface area contributed by atoms with E-state index in [9.17, 15) is 0 Å². The predicted molar refractivity (Wildman–Crippen MR) is 98.8 cm³/mol. The van der Waals surface area contributed by atoms with Gasteiger partial charge in [-0.2, -0.15) is 0 Å². The van der Waals surface area contributed by atoms with Crippen LogP contribution in [0.3, 0.4) is 0 Å². The molecule has 0 aliphatic carbocycles. The highest BCUT2D eigenvalue weighted by Gasteiger charge is 2.43.